The van der Waals surface area contributed by atoms with E-state index in [0.29, 0.717) is 11.4 Å². The molecule has 4 heteroatoms. The van der Waals surface area contributed by atoms with Crippen molar-refractivity contribution in [2.75, 3.05) is 18.2 Å². The van der Waals surface area contributed by atoms with E-state index in [9.17, 15) is 4.79 Å². The maximum atomic E-state index is 12.0. The molecule has 0 bridgehead atoms. The third kappa shape index (κ3) is 3.88. The van der Waals surface area contributed by atoms with Crippen LogP contribution in [0.5, 0.6) is 5.75 Å². The second-order valence-electron chi connectivity index (χ2n) is 5.14. The summed E-state index contributed by atoms with van der Waals surface area (Å²) in [5.41, 5.74) is 10.2. The highest BCUT2D eigenvalue weighted by atomic mass is 16.5. The summed E-state index contributed by atoms with van der Waals surface area (Å²) in [6, 6.07) is 11.3. The van der Waals surface area contributed by atoms with E-state index in [4.69, 9.17) is 10.5 Å². The lowest BCUT2D eigenvalue weighted by atomic mass is 10.1. The van der Waals surface area contributed by atoms with Crippen molar-refractivity contribution in [2.24, 2.45) is 0 Å². The number of rotatable bonds is 4. The molecule has 1 amide bonds. The Hall–Kier alpha value is -2.75. The summed E-state index contributed by atoms with van der Waals surface area (Å²) in [6.07, 6.45) is 3.20. The lowest BCUT2D eigenvalue weighted by Crippen LogP contribution is -2.08. The molecule has 2 aromatic carbocycles. The van der Waals surface area contributed by atoms with Crippen LogP contribution in [0.4, 0.5) is 11.4 Å². The van der Waals surface area contributed by atoms with Gasteiger partial charge in [-0.15, -0.1) is 0 Å². The van der Waals surface area contributed by atoms with E-state index in [1.54, 1.807) is 25.3 Å². The van der Waals surface area contributed by atoms with Crippen molar-refractivity contribution in [3.05, 3.63) is 59.2 Å². The van der Waals surface area contributed by atoms with Crippen molar-refractivity contribution in [2.45, 2.75) is 13.8 Å². The summed E-state index contributed by atoms with van der Waals surface area (Å²) >= 11 is 0. The van der Waals surface area contributed by atoms with E-state index in [1.165, 1.54) is 11.6 Å². The minimum Gasteiger partial charge on any atom is -0.495 e. The van der Waals surface area contributed by atoms with Crippen molar-refractivity contribution < 1.29 is 9.53 Å². The van der Waals surface area contributed by atoms with Crippen LogP contribution in [0.15, 0.2) is 42.5 Å². The van der Waals surface area contributed by atoms with Gasteiger partial charge < -0.3 is 15.8 Å². The number of hydrogen-bond donors (Lipinski definition) is 2. The van der Waals surface area contributed by atoms with Crippen molar-refractivity contribution in [1.29, 1.82) is 0 Å². The van der Waals surface area contributed by atoms with Gasteiger partial charge in [-0.1, -0.05) is 23.8 Å². The third-order valence-electron chi connectivity index (χ3n) is 3.32. The zero-order valence-electron chi connectivity index (χ0n) is 13.0. The molecule has 0 saturated carbocycles. The van der Waals surface area contributed by atoms with Crippen LogP contribution in [0.3, 0.4) is 0 Å². The van der Waals surface area contributed by atoms with Gasteiger partial charge in [-0.05, 0) is 49.2 Å². The number of benzene rings is 2. The zero-order chi connectivity index (χ0) is 16.1. The van der Waals surface area contributed by atoms with E-state index < -0.39 is 0 Å². The Kier molecular flexibility index (Phi) is 4.84. The fraction of sp³-hybridized carbons (Fsp3) is 0.167. The molecule has 0 aliphatic rings. The summed E-state index contributed by atoms with van der Waals surface area (Å²) in [5.74, 6) is 0.443. The van der Waals surface area contributed by atoms with Gasteiger partial charge in [0.15, 0.2) is 0 Å². The van der Waals surface area contributed by atoms with Gasteiger partial charge in [0.25, 0.3) is 0 Å². The number of ether oxygens (including phenoxy) is 1. The molecule has 0 aromatic heterocycles. The van der Waals surface area contributed by atoms with Crippen LogP contribution >= 0.6 is 0 Å². The summed E-state index contributed by atoms with van der Waals surface area (Å²) in [5, 5.41) is 2.86. The first-order valence-corrected chi connectivity index (χ1v) is 6.99. The van der Waals surface area contributed by atoms with E-state index >= 15 is 0 Å². The largest absolute Gasteiger partial charge is 0.495 e. The van der Waals surface area contributed by atoms with Crippen LogP contribution in [0, 0.1) is 13.8 Å². The van der Waals surface area contributed by atoms with E-state index in [-0.39, 0.29) is 5.91 Å². The van der Waals surface area contributed by atoms with Gasteiger partial charge in [-0.2, -0.15) is 0 Å². The van der Waals surface area contributed by atoms with Crippen LogP contribution < -0.4 is 15.8 Å². The summed E-state index contributed by atoms with van der Waals surface area (Å²) < 4.78 is 5.10. The number of amides is 1. The van der Waals surface area contributed by atoms with Gasteiger partial charge in [0.2, 0.25) is 5.91 Å². The predicted octanol–water partition coefficient (Wildman–Crippen LogP) is 3.55. The molecule has 0 fully saturated rings. The maximum Gasteiger partial charge on any atom is 0.248 e. The van der Waals surface area contributed by atoms with Gasteiger partial charge in [-0.3, -0.25) is 4.79 Å². The normalized spacial score (nSPS) is 10.7. The molecule has 0 spiro atoms. The summed E-state index contributed by atoms with van der Waals surface area (Å²) in [6.45, 7) is 3.99. The van der Waals surface area contributed by atoms with Gasteiger partial charge in [0.1, 0.15) is 5.75 Å². The number of nitrogen functional groups attached to an aromatic ring is 1. The molecule has 3 N–H and O–H groups in total. The van der Waals surface area contributed by atoms with Gasteiger partial charge >= 0.3 is 0 Å². The third-order valence-corrected chi connectivity index (χ3v) is 3.32. The van der Waals surface area contributed by atoms with Crippen molar-refractivity contribution >= 4 is 23.4 Å². The topological polar surface area (TPSA) is 64.3 Å². The Morgan fingerprint density at radius 2 is 1.95 bits per heavy atom. The number of aryl methyl sites for hydroxylation is 2. The van der Waals surface area contributed by atoms with Crippen LogP contribution in [0.25, 0.3) is 6.08 Å². The average Bonchev–Trinajstić information content (AvgIpc) is 2.48. The Morgan fingerprint density at radius 1 is 1.18 bits per heavy atom. The fourth-order valence-electron chi connectivity index (χ4n) is 2.16. The number of anilines is 2. The molecule has 114 valence electrons. The molecule has 0 radical (unpaired) electrons. The molecule has 0 aliphatic heterocycles. The van der Waals surface area contributed by atoms with E-state index in [2.05, 4.69) is 5.32 Å². The second-order valence-corrected chi connectivity index (χ2v) is 5.14. The number of hydrogen-bond acceptors (Lipinski definition) is 3. The van der Waals surface area contributed by atoms with Crippen LogP contribution in [-0.4, -0.2) is 13.0 Å². The van der Waals surface area contributed by atoms with Gasteiger partial charge in [-0.25, -0.2) is 0 Å². The monoisotopic (exact) mass is 296 g/mol. The molecular weight excluding hydrogens is 276 g/mol. The highest BCUT2D eigenvalue weighted by molar-refractivity contribution is 6.02. The second kappa shape index (κ2) is 6.80. The molecule has 0 saturated heterocycles. The van der Waals surface area contributed by atoms with E-state index in [1.807, 2.05) is 38.1 Å². The average molecular weight is 296 g/mol. The molecular formula is C18H20N2O2. The standard InChI is InChI=1S/C18H20N2O2/c1-12-4-7-16(13(2)10-12)20-18(21)9-6-14-5-8-17(22-3)15(19)11-14/h4-11H,19H2,1-3H3,(H,20,21)/b9-6+. The van der Waals surface area contributed by atoms with Crippen molar-refractivity contribution in [1.82, 2.24) is 0 Å². The smallest absolute Gasteiger partial charge is 0.248 e. The molecule has 2 aromatic rings. The zero-order valence-corrected chi connectivity index (χ0v) is 13.0. The molecule has 0 heterocycles. The Bertz CT molecular complexity index is 721. The highest BCUT2D eigenvalue weighted by Gasteiger charge is 2.02. The lowest BCUT2D eigenvalue weighted by Gasteiger charge is -2.07. The maximum absolute atomic E-state index is 12.0. The van der Waals surface area contributed by atoms with Crippen LogP contribution in [-0.2, 0) is 4.79 Å². The Balaban J connectivity index is 2.06. The minimum atomic E-state index is -0.179. The van der Waals surface area contributed by atoms with Crippen molar-refractivity contribution in [3.63, 3.8) is 0 Å². The quantitative estimate of drug-likeness (QED) is 0.670. The first-order chi connectivity index (χ1) is 10.5. The first-order valence-electron chi connectivity index (χ1n) is 6.99. The summed E-state index contributed by atoms with van der Waals surface area (Å²) in [4.78, 5) is 12.0. The number of carbonyl (C=O) groups excluding carboxylic acids is 1. The summed E-state index contributed by atoms with van der Waals surface area (Å²) in [7, 11) is 1.57. The molecule has 0 aliphatic carbocycles. The fourth-order valence-corrected chi connectivity index (χ4v) is 2.16. The predicted molar refractivity (Wildman–Crippen MR) is 91.0 cm³/mol. The highest BCUT2D eigenvalue weighted by Crippen LogP contribution is 2.22. The first kappa shape index (κ1) is 15.6. The number of carbonyl (C=O) groups is 1. The number of nitrogens with one attached hydrogen (secondary N) is 1. The molecule has 22 heavy (non-hydrogen) atoms. The Labute approximate surface area is 130 Å². The van der Waals surface area contributed by atoms with Crippen molar-refractivity contribution in [3.8, 4) is 5.75 Å². The molecule has 2 rings (SSSR count). The van der Waals surface area contributed by atoms with E-state index in [0.717, 1.165) is 16.8 Å². The number of nitrogens with two attached hydrogens (primary N) is 1. The SMILES string of the molecule is COc1ccc(/C=C/C(=O)Nc2ccc(C)cc2C)cc1N. The molecule has 4 nitrogen and oxygen atoms in total. The minimum absolute atomic E-state index is 0.179. The molecule has 0 atom stereocenters. The van der Waals surface area contributed by atoms with Crippen LogP contribution in [0.2, 0.25) is 0 Å². The van der Waals surface area contributed by atoms with Gasteiger partial charge in [0.05, 0.1) is 12.8 Å². The number of methoxy groups -OCH3 is 1. The van der Waals surface area contributed by atoms with Gasteiger partial charge in [0, 0.05) is 11.8 Å². The Morgan fingerprint density at radius 3 is 2.59 bits per heavy atom. The van der Waals surface area contributed by atoms with Crippen LogP contribution in [0.1, 0.15) is 16.7 Å². The lowest BCUT2D eigenvalue weighted by molar-refractivity contribution is -0.111. The molecule has 0 unspecified atom stereocenters.